The van der Waals surface area contributed by atoms with Gasteiger partial charge in [0.05, 0.1) is 65.6 Å². The van der Waals surface area contributed by atoms with Gasteiger partial charge in [0.2, 0.25) is 5.88 Å². The van der Waals surface area contributed by atoms with Crippen molar-refractivity contribution < 1.29 is 23.8 Å². The lowest BCUT2D eigenvalue weighted by molar-refractivity contribution is -0.0591. The summed E-state index contributed by atoms with van der Waals surface area (Å²) in [6.07, 6.45) is 8.32. The minimum Gasteiger partial charge on any atom is -0.478 e. The number of carboxylic acid groups (broad SMARTS) is 1. The summed E-state index contributed by atoms with van der Waals surface area (Å²) in [4.78, 5) is 23.6. The van der Waals surface area contributed by atoms with Crippen LogP contribution in [0.3, 0.4) is 0 Å². The highest BCUT2D eigenvalue weighted by molar-refractivity contribution is 6.35. The average molecular weight is 599 g/mol. The third-order valence-electron chi connectivity index (χ3n) is 8.28. The van der Waals surface area contributed by atoms with Crippen molar-refractivity contribution in [1.29, 1.82) is 0 Å². The van der Waals surface area contributed by atoms with Gasteiger partial charge in [0, 0.05) is 43.0 Å². The second kappa shape index (κ2) is 11.8. The van der Waals surface area contributed by atoms with Crippen molar-refractivity contribution in [2.24, 2.45) is 0 Å². The van der Waals surface area contributed by atoms with Crippen LogP contribution in [0, 0.1) is 0 Å². The first-order chi connectivity index (χ1) is 21.0. The fourth-order valence-corrected chi connectivity index (χ4v) is 6.00. The van der Waals surface area contributed by atoms with Gasteiger partial charge in [-0.05, 0) is 54.3 Å². The number of imidazole rings is 1. The Labute approximate surface area is 253 Å². The fraction of sp³-hybridized carbons (Fsp3) is 0.303. The van der Waals surface area contributed by atoms with Gasteiger partial charge in [-0.15, -0.1) is 0 Å². The Balaban J connectivity index is 1.01. The Morgan fingerprint density at radius 3 is 2.79 bits per heavy atom. The van der Waals surface area contributed by atoms with Gasteiger partial charge in [-0.1, -0.05) is 29.8 Å². The summed E-state index contributed by atoms with van der Waals surface area (Å²) in [6.45, 7) is 4.22. The van der Waals surface area contributed by atoms with Crippen LogP contribution >= 0.6 is 11.6 Å². The number of nitrogens with zero attached hydrogens (tertiary/aromatic N) is 4. The molecule has 0 bridgehead atoms. The minimum absolute atomic E-state index is 0.135. The molecule has 2 aliphatic rings. The van der Waals surface area contributed by atoms with E-state index >= 15 is 0 Å². The molecule has 43 heavy (non-hydrogen) atoms. The van der Waals surface area contributed by atoms with Gasteiger partial charge in [-0.25, -0.2) is 14.8 Å². The maximum absolute atomic E-state index is 11.6. The van der Waals surface area contributed by atoms with Crippen molar-refractivity contribution in [2.75, 3.05) is 26.3 Å². The molecule has 220 valence electrons. The highest BCUT2D eigenvalue weighted by atomic mass is 35.5. The number of carbonyl (C=O) groups is 1. The van der Waals surface area contributed by atoms with Gasteiger partial charge in [0.1, 0.15) is 5.82 Å². The second-order valence-corrected chi connectivity index (χ2v) is 11.4. The summed E-state index contributed by atoms with van der Waals surface area (Å²) in [6, 6.07) is 14.9. The van der Waals surface area contributed by atoms with Crippen LogP contribution in [0.4, 0.5) is 0 Å². The molecular formula is C33H31ClN4O5. The van der Waals surface area contributed by atoms with Crippen LogP contribution in [-0.2, 0) is 24.2 Å². The first kappa shape index (κ1) is 27.6. The molecule has 0 aliphatic carbocycles. The molecule has 5 heterocycles. The smallest absolute Gasteiger partial charge is 0.335 e. The number of hydrogen-bond donors (Lipinski definition) is 1. The van der Waals surface area contributed by atoms with E-state index in [-0.39, 0.29) is 11.7 Å². The van der Waals surface area contributed by atoms with Crippen LogP contribution in [0.5, 0.6) is 5.88 Å². The number of rotatable bonds is 10. The molecule has 9 nitrogen and oxygen atoms in total. The summed E-state index contributed by atoms with van der Waals surface area (Å²) >= 11 is 6.27. The summed E-state index contributed by atoms with van der Waals surface area (Å²) in [5.41, 5.74) is 5.15. The predicted molar refractivity (Wildman–Crippen MR) is 164 cm³/mol. The van der Waals surface area contributed by atoms with E-state index in [2.05, 4.69) is 15.5 Å². The predicted octanol–water partition coefficient (Wildman–Crippen LogP) is 6.23. The number of pyridine rings is 1. The van der Waals surface area contributed by atoms with Crippen LogP contribution < -0.4 is 4.74 Å². The van der Waals surface area contributed by atoms with Crippen molar-refractivity contribution in [3.05, 3.63) is 94.8 Å². The monoisotopic (exact) mass is 598 g/mol. The number of benzene rings is 2. The average Bonchev–Trinajstić information content (AvgIpc) is 3.62. The Morgan fingerprint density at radius 1 is 1.12 bits per heavy atom. The van der Waals surface area contributed by atoms with Gasteiger partial charge >= 0.3 is 5.97 Å². The molecule has 2 aliphatic heterocycles. The standard InChI is InChI=1S/C33H31ClN4O5/c34-27-6-4-21(25-19-41-20-26(25)27)10-14-43-32-3-1-2-28(36-32)22-8-12-37(13-9-22)18-31-35-29-7-5-23(33(39)40)16-30(29)38(31)17-24-11-15-42-24/h1-8,16,19-20,24H,9-15,17-18H2,(H,39,40)/t24-/m0/s1. The van der Waals surface area contributed by atoms with E-state index in [1.807, 2.05) is 30.3 Å². The Kier molecular flexibility index (Phi) is 7.61. The summed E-state index contributed by atoms with van der Waals surface area (Å²) in [5.74, 6) is 0.586. The van der Waals surface area contributed by atoms with Gasteiger partial charge in [0.15, 0.2) is 0 Å². The molecule has 0 amide bonds. The Bertz CT molecular complexity index is 1840. The number of ether oxygens (including phenoxy) is 2. The molecule has 1 N–H and O–H groups in total. The van der Waals surface area contributed by atoms with Crippen molar-refractivity contribution in [2.45, 2.75) is 38.5 Å². The number of halogens is 1. The number of carboxylic acids is 1. The number of furan rings is 1. The topological polar surface area (TPSA) is 103 Å². The van der Waals surface area contributed by atoms with E-state index in [0.29, 0.717) is 37.0 Å². The lowest BCUT2D eigenvalue weighted by Crippen LogP contribution is -2.33. The van der Waals surface area contributed by atoms with Crippen LogP contribution in [0.25, 0.3) is 27.4 Å². The van der Waals surface area contributed by atoms with Crippen molar-refractivity contribution in [3.63, 3.8) is 0 Å². The van der Waals surface area contributed by atoms with Crippen LogP contribution in [0.2, 0.25) is 5.02 Å². The molecule has 0 saturated carbocycles. The molecule has 0 unspecified atom stereocenters. The van der Waals surface area contributed by atoms with Crippen molar-refractivity contribution in [1.82, 2.24) is 19.4 Å². The van der Waals surface area contributed by atoms with E-state index in [9.17, 15) is 9.90 Å². The SMILES string of the molecule is O=C(O)c1ccc2nc(CN3CC=C(c4cccc(OCCc5ccc(Cl)c6cocc56)n4)CC3)n(C[C@@H]3CCO3)c2c1. The van der Waals surface area contributed by atoms with E-state index in [4.69, 9.17) is 35.5 Å². The molecule has 5 aromatic rings. The third kappa shape index (κ3) is 5.76. The minimum atomic E-state index is -0.940. The van der Waals surface area contributed by atoms with Crippen LogP contribution in [0.1, 0.15) is 40.3 Å². The molecule has 0 spiro atoms. The van der Waals surface area contributed by atoms with Crippen molar-refractivity contribution in [3.8, 4) is 5.88 Å². The Hall–Kier alpha value is -4.18. The van der Waals surface area contributed by atoms with Crippen molar-refractivity contribution >= 4 is 44.9 Å². The van der Waals surface area contributed by atoms with E-state index in [1.165, 1.54) is 5.57 Å². The van der Waals surface area contributed by atoms with E-state index < -0.39 is 5.97 Å². The second-order valence-electron chi connectivity index (χ2n) is 11.0. The van der Waals surface area contributed by atoms with Gasteiger partial charge < -0.3 is 23.6 Å². The fourth-order valence-electron chi connectivity index (χ4n) is 5.79. The Morgan fingerprint density at radius 2 is 2.00 bits per heavy atom. The zero-order chi connectivity index (χ0) is 29.3. The number of hydrogen-bond acceptors (Lipinski definition) is 7. The largest absolute Gasteiger partial charge is 0.478 e. The highest BCUT2D eigenvalue weighted by Gasteiger charge is 2.24. The molecule has 10 heteroatoms. The number of aromatic carboxylic acids is 1. The molecule has 3 aromatic heterocycles. The third-order valence-corrected chi connectivity index (χ3v) is 8.61. The molecular weight excluding hydrogens is 568 g/mol. The normalized spacial score (nSPS) is 17.2. The molecule has 1 atom stereocenters. The molecule has 0 radical (unpaired) electrons. The summed E-state index contributed by atoms with van der Waals surface area (Å²) < 4.78 is 19.2. The lowest BCUT2D eigenvalue weighted by Gasteiger charge is -2.29. The number of fused-ring (bicyclic) bond motifs is 2. The van der Waals surface area contributed by atoms with E-state index in [1.54, 1.807) is 30.7 Å². The zero-order valence-corrected chi connectivity index (χ0v) is 24.3. The lowest BCUT2D eigenvalue weighted by atomic mass is 10.0. The molecule has 2 aromatic carbocycles. The first-order valence-electron chi connectivity index (χ1n) is 14.5. The van der Waals surface area contributed by atoms with Gasteiger partial charge in [0.25, 0.3) is 0 Å². The van der Waals surface area contributed by atoms with Gasteiger partial charge in [-0.2, -0.15) is 0 Å². The van der Waals surface area contributed by atoms with Gasteiger partial charge in [-0.3, -0.25) is 4.90 Å². The van der Waals surface area contributed by atoms with Crippen LogP contribution in [0.15, 0.2) is 71.6 Å². The molecule has 1 saturated heterocycles. The maximum atomic E-state index is 11.6. The summed E-state index contributed by atoms with van der Waals surface area (Å²) in [5, 5.41) is 12.1. The molecule has 7 rings (SSSR count). The molecule has 1 fully saturated rings. The number of aromatic nitrogens is 3. The highest BCUT2D eigenvalue weighted by Crippen LogP contribution is 2.29. The van der Waals surface area contributed by atoms with E-state index in [0.717, 1.165) is 71.4 Å². The zero-order valence-electron chi connectivity index (χ0n) is 23.5. The maximum Gasteiger partial charge on any atom is 0.335 e. The first-order valence-corrected chi connectivity index (χ1v) is 14.9. The quantitative estimate of drug-likeness (QED) is 0.202. The summed E-state index contributed by atoms with van der Waals surface area (Å²) in [7, 11) is 0. The van der Waals surface area contributed by atoms with Crippen LogP contribution in [-0.4, -0.2) is 62.9 Å².